The Balaban J connectivity index is 3.70. The molecule has 0 aliphatic heterocycles. The zero-order valence-electron chi connectivity index (χ0n) is 4.72. The maximum Gasteiger partial charge on any atom is 0.248 e. The topological polar surface area (TPSA) is 81.5 Å². The van der Waals surface area contributed by atoms with E-state index in [-0.39, 0.29) is 11.9 Å². The Kier molecular flexibility index (Phi) is 2.61. The van der Waals surface area contributed by atoms with Gasteiger partial charge < -0.3 is 11.5 Å². The summed E-state index contributed by atoms with van der Waals surface area (Å²) in [6, 6.07) is 0. The van der Waals surface area contributed by atoms with Gasteiger partial charge in [-0.15, -0.1) is 0 Å². The molecule has 0 aliphatic rings. The van der Waals surface area contributed by atoms with Crippen LogP contribution in [0.15, 0.2) is 4.99 Å². The quantitative estimate of drug-likeness (QED) is 0.346. The van der Waals surface area contributed by atoms with E-state index < -0.39 is 0 Å². The van der Waals surface area contributed by atoms with Crippen LogP contribution in [0.1, 0.15) is 13.3 Å². The van der Waals surface area contributed by atoms with Crippen molar-refractivity contribution in [3.05, 3.63) is 0 Å². The largest absolute Gasteiger partial charge is 0.370 e. The third-order valence-electron chi connectivity index (χ3n) is 0.556. The summed E-state index contributed by atoms with van der Waals surface area (Å²) in [7, 11) is 0. The molecule has 0 aromatic heterocycles. The van der Waals surface area contributed by atoms with Gasteiger partial charge >= 0.3 is 0 Å². The SMILES string of the molecule is CCC(=O)N=C(N)N. The van der Waals surface area contributed by atoms with Gasteiger partial charge in [0.15, 0.2) is 5.96 Å². The molecule has 0 spiro atoms. The molecule has 0 atom stereocenters. The molecule has 0 saturated carbocycles. The molecule has 4 nitrogen and oxygen atoms in total. The Morgan fingerprint density at radius 2 is 2.12 bits per heavy atom. The monoisotopic (exact) mass is 115 g/mol. The van der Waals surface area contributed by atoms with E-state index in [0.717, 1.165) is 0 Å². The maximum absolute atomic E-state index is 10.3. The number of hydrogen-bond donors (Lipinski definition) is 2. The average molecular weight is 115 g/mol. The minimum Gasteiger partial charge on any atom is -0.370 e. The molecule has 0 heterocycles. The van der Waals surface area contributed by atoms with Gasteiger partial charge in [0.2, 0.25) is 5.91 Å². The van der Waals surface area contributed by atoms with E-state index in [1.54, 1.807) is 6.92 Å². The van der Waals surface area contributed by atoms with E-state index in [9.17, 15) is 4.79 Å². The lowest BCUT2D eigenvalue weighted by molar-refractivity contribution is -0.117. The third-order valence-corrected chi connectivity index (χ3v) is 0.556. The molecule has 0 bridgehead atoms. The smallest absolute Gasteiger partial charge is 0.248 e. The molecule has 0 radical (unpaired) electrons. The number of amides is 1. The van der Waals surface area contributed by atoms with Gasteiger partial charge in [-0.3, -0.25) is 4.79 Å². The molecule has 4 heteroatoms. The van der Waals surface area contributed by atoms with Crippen molar-refractivity contribution in [3.8, 4) is 0 Å². The lowest BCUT2D eigenvalue weighted by Crippen LogP contribution is -2.23. The van der Waals surface area contributed by atoms with Gasteiger partial charge in [-0.1, -0.05) is 6.92 Å². The third kappa shape index (κ3) is 3.14. The van der Waals surface area contributed by atoms with E-state index in [1.807, 2.05) is 0 Å². The van der Waals surface area contributed by atoms with Crippen molar-refractivity contribution in [1.29, 1.82) is 0 Å². The Morgan fingerprint density at radius 1 is 1.62 bits per heavy atom. The fourth-order valence-corrected chi connectivity index (χ4v) is 0.223. The summed E-state index contributed by atoms with van der Waals surface area (Å²) in [6.45, 7) is 1.69. The van der Waals surface area contributed by atoms with Crippen LogP contribution in [0.3, 0.4) is 0 Å². The maximum atomic E-state index is 10.3. The molecule has 0 aromatic rings. The molecule has 0 aliphatic carbocycles. The molecular formula is C4H9N3O. The van der Waals surface area contributed by atoms with Crippen LogP contribution in [0, 0.1) is 0 Å². The Labute approximate surface area is 47.6 Å². The van der Waals surface area contributed by atoms with Gasteiger partial charge in [-0.05, 0) is 0 Å². The second-order valence-electron chi connectivity index (χ2n) is 1.28. The summed E-state index contributed by atoms with van der Waals surface area (Å²) in [5.74, 6) is -0.457. The molecule has 8 heavy (non-hydrogen) atoms. The minimum atomic E-state index is -0.287. The number of hydrogen-bond acceptors (Lipinski definition) is 1. The Morgan fingerprint density at radius 3 is 2.25 bits per heavy atom. The van der Waals surface area contributed by atoms with Crippen LogP contribution in [-0.4, -0.2) is 11.9 Å². The summed E-state index contributed by atoms with van der Waals surface area (Å²) >= 11 is 0. The highest BCUT2D eigenvalue weighted by Gasteiger charge is 1.90. The lowest BCUT2D eigenvalue weighted by atomic mass is 10.5. The van der Waals surface area contributed by atoms with Gasteiger partial charge in [-0.25, -0.2) is 0 Å². The Hall–Kier alpha value is -1.06. The Bertz CT molecular complexity index is 114. The first kappa shape index (κ1) is 6.94. The molecule has 0 rings (SSSR count). The molecule has 0 unspecified atom stereocenters. The summed E-state index contributed by atoms with van der Waals surface area (Å²) in [6.07, 6.45) is 0.345. The van der Waals surface area contributed by atoms with Crippen LogP contribution in [0.2, 0.25) is 0 Å². The first-order valence-electron chi connectivity index (χ1n) is 2.29. The average Bonchev–Trinajstić information content (AvgIpc) is 1.65. The van der Waals surface area contributed by atoms with Gasteiger partial charge in [-0.2, -0.15) is 4.99 Å². The summed E-state index contributed by atoms with van der Waals surface area (Å²) in [5.41, 5.74) is 9.75. The minimum absolute atomic E-state index is 0.170. The highest BCUT2D eigenvalue weighted by atomic mass is 16.1. The zero-order chi connectivity index (χ0) is 6.57. The standard InChI is InChI=1S/C4H9N3O/c1-2-3(8)7-4(5)6/h2H2,1H3,(H4,5,6,7,8). The first-order chi connectivity index (χ1) is 3.66. The van der Waals surface area contributed by atoms with E-state index in [2.05, 4.69) is 4.99 Å². The molecule has 0 aromatic carbocycles. The predicted octanol–water partition coefficient (Wildman–Crippen LogP) is -0.804. The van der Waals surface area contributed by atoms with Crippen LogP contribution in [0.4, 0.5) is 0 Å². The van der Waals surface area contributed by atoms with Crippen molar-refractivity contribution in [2.45, 2.75) is 13.3 Å². The van der Waals surface area contributed by atoms with Gasteiger partial charge in [0, 0.05) is 6.42 Å². The zero-order valence-corrected chi connectivity index (χ0v) is 4.72. The number of nitrogens with two attached hydrogens (primary N) is 2. The molecule has 0 fully saturated rings. The van der Waals surface area contributed by atoms with Crippen molar-refractivity contribution < 1.29 is 4.79 Å². The van der Waals surface area contributed by atoms with Gasteiger partial charge in [0.1, 0.15) is 0 Å². The van der Waals surface area contributed by atoms with Crippen molar-refractivity contribution in [3.63, 3.8) is 0 Å². The summed E-state index contributed by atoms with van der Waals surface area (Å²) in [5, 5.41) is 0. The second-order valence-corrected chi connectivity index (χ2v) is 1.28. The molecule has 1 amide bonds. The summed E-state index contributed by atoms with van der Waals surface area (Å²) in [4.78, 5) is 13.5. The number of carbonyl (C=O) groups excluding carboxylic acids is 1. The van der Waals surface area contributed by atoms with Crippen LogP contribution in [0.5, 0.6) is 0 Å². The molecule has 46 valence electrons. The highest BCUT2D eigenvalue weighted by molar-refractivity contribution is 5.91. The van der Waals surface area contributed by atoms with E-state index >= 15 is 0 Å². The van der Waals surface area contributed by atoms with Crippen LogP contribution < -0.4 is 11.5 Å². The number of nitrogens with zero attached hydrogens (tertiary/aromatic N) is 1. The fourth-order valence-electron chi connectivity index (χ4n) is 0.223. The molecular weight excluding hydrogens is 106 g/mol. The van der Waals surface area contributed by atoms with Crippen molar-refractivity contribution in [2.24, 2.45) is 16.5 Å². The molecule has 4 N–H and O–H groups in total. The van der Waals surface area contributed by atoms with E-state index in [4.69, 9.17) is 11.5 Å². The number of carbonyl (C=O) groups is 1. The van der Waals surface area contributed by atoms with Crippen molar-refractivity contribution in [2.75, 3.05) is 0 Å². The predicted molar refractivity (Wildman–Crippen MR) is 31.1 cm³/mol. The highest BCUT2D eigenvalue weighted by Crippen LogP contribution is 1.78. The molecule has 0 saturated heterocycles. The lowest BCUT2D eigenvalue weighted by Gasteiger charge is -1.85. The van der Waals surface area contributed by atoms with Crippen LogP contribution in [-0.2, 0) is 4.79 Å². The van der Waals surface area contributed by atoms with Crippen LogP contribution in [0.25, 0.3) is 0 Å². The van der Waals surface area contributed by atoms with Crippen molar-refractivity contribution >= 4 is 11.9 Å². The number of guanidine groups is 1. The summed E-state index contributed by atoms with van der Waals surface area (Å²) < 4.78 is 0. The van der Waals surface area contributed by atoms with Gasteiger partial charge in [0.05, 0.1) is 0 Å². The number of rotatable bonds is 1. The fraction of sp³-hybridized carbons (Fsp3) is 0.500. The van der Waals surface area contributed by atoms with Gasteiger partial charge in [0.25, 0.3) is 0 Å². The van der Waals surface area contributed by atoms with E-state index in [1.165, 1.54) is 0 Å². The second kappa shape index (κ2) is 3.01. The normalized spacial score (nSPS) is 8.12. The van der Waals surface area contributed by atoms with Crippen LogP contribution >= 0.6 is 0 Å². The van der Waals surface area contributed by atoms with Crippen molar-refractivity contribution in [1.82, 2.24) is 0 Å². The van der Waals surface area contributed by atoms with E-state index in [0.29, 0.717) is 6.42 Å². The first-order valence-corrected chi connectivity index (χ1v) is 2.29. The number of aliphatic imine (C=N–C) groups is 1.